The Bertz CT molecular complexity index is 1110. The summed E-state index contributed by atoms with van der Waals surface area (Å²) >= 11 is 0. The minimum atomic E-state index is -3.28. The molecule has 2 fully saturated rings. The molecule has 2 N–H and O–H groups in total. The summed E-state index contributed by atoms with van der Waals surface area (Å²) in [5.41, 5.74) is 2.72. The van der Waals surface area contributed by atoms with E-state index in [2.05, 4.69) is 20.5 Å². The van der Waals surface area contributed by atoms with E-state index in [-0.39, 0.29) is 17.8 Å². The lowest BCUT2D eigenvalue weighted by Gasteiger charge is -2.30. The second-order valence-electron chi connectivity index (χ2n) is 8.23. The Morgan fingerprint density at radius 3 is 2.52 bits per heavy atom. The Morgan fingerprint density at radius 2 is 1.84 bits per heavy atom. The number of amides is 2. The molecule has 31 heavy (non-hydrogen) atoms. The summed E-state index contributed by atoms with van der Waals surface area (Å²) in [6, 6.07) is 7.35. The van der Waals surface area contributed by atoms with Gasteiger partial charge in [0.15, 0.2) is 15.7 Å². The second-order valence-corrected chi connectivity index (χ2v) is 10.6. The van der Waals surface area contributed by atoms with Gasteiger partial charge in [0, 0.05) is 35.9 Å². The van der Waals surface area contributed by atoms with Crippen molar-refractivity contribution in [2.24, 2.45) is 0 Å². The molecule has 2 aliphatic heterocycles. The number of aromatic nitrogens is 2. The molecule has 1 saturated carbocycles. The van der Waals surface area contributed by atoms with Gasteiger partial charge in [0.2, 0.25) is 0 Å². The molecule has 1 aromatic carbocycles. The standard InChI is InChI=1S/C21H25N5O4S/c1-13-18-17(12-31(13,28)29)24-19(25-20(18)26-8-10-30-11-9-26)14-2-4-15(5-3-14)22-21(27)23-16-6-7-16/h2-5,13,16H,6-12H2,1H3,(H2,22,23,27). The largest absolute Gasteiger partial charge is 0.378 e. The highest BCUT2D eigenvalue weighted by atomic mass is 32.2. The summed E-state index contributed by atoms with van der Waals surface area (Å²) in [6.07, 6.45) is 2.06. The molecule has 0 bridgehead atoms. The summed E-state index contributed by atoms with van der Waals surface area (Å²) in [5.74, 6) is 1.10. The lowest BCUT2D eigenvalue weighted by atomic mass is 10.1. The van der Waals surface area contributed by atoms with E-state index in [1.807, 2.05) is 12.1 Å². The Morgan fingerprint density at radius 1 is 1.13 bits per heavy atom. The van der Waals surface area contributed by atoms with Gasteiger partial charge in [0.1, 0.15) is 5.82 Å². The van der Waals surface area contributed by atoms with Gasteiger partial charge in [-0.05, 0) is 44.0 Å². The highest BCUT2D eigenvalue weighted by Crippen LogP contribution is 2.41. The molecule has 2 aromatic rings. The van der Waals surface area contributed by atoms with Gasteiger partial charge in [-0.25, -0.2) is 23.2 Å². The van der Waals surface area contributed by atoms with Crippen molar-refractivity contribution in [1.82, 2.24) is 15.3 Å². The molecule has 1 aliphatic carbocycles. The van der Waals surface area contributed by atoms with Gasteiger partial charge in [0.05, 0.1) is 29.9 Å². The highest BCUT2D eigenvalue weighted by Gasteiger charge is 2.39. The first-order chi connectivity index (χ1) is 14.9. The smallest absolute Gasteiger partial charge is 0.319 e. The minimum absolute atomic E-state index is 0.0721. The van der Waals surface area contributed by atoms with E-state index in [0.717, 1.165) is 18.4 Å². The Labute approximate surface area is 181 Å². The Kier molecular flexibility index (Phi) is 5.05. The number of nitrogens with zero attached hydrogens (tertiary/aromatic N) is 3. The van der Waals surface area contributed by atoms with E-state index < -0.39 is 15.1 Å². The molecular formula is C21H25N5O4S. The van der Waals surface area contributed by atoms with Crippen molar-refractivity contribution in [2.45, 2.75) is 36.8 Å². The number of hydrogen-bond donors (Lipinski definition) is 2. The van der Waals surface area contributed by atoms with E-state index in [0.29, 0.717) is 54.9 Å². The van der Waals surface area contributed by atoms with Crippen molar-refractivity contribution < 1.29 is 17.9 Å². The molecule has 2 amide bonds. The summed E-state index contributed by atoms with van der Waals surface area (Å²) in [4.78, 5) is 23.4. The van der Waals surface area contributed by atoms with Crippen LogP contribution in [0.15, 0.2) is 24.3 Å². The molecule has 0 spiro atoms. The number of nitrogens with one attached hydrogen (secondary N) is 2. The molecule has 3 aliphatic rings. The number of morpholine rings is 1. The van der Waals surface area contributed by atoms with Crippen LogP contribution in [-0.4, -0.2) is 56.8 Å². The van der Waals surface area contributed by atoms with E-state index in [1.165, 1.54) is 0 Å². The molecule has 0 radical (unpaired) electrons. The maximum atomic E-state index is 12.6. The van der Waals surface area contributed by atoms with Crippen LogP contribution < -0.4 is 15.5 Å². The number of ether oxygens (including phenoxy) is 1. The monoisotopic (exact) mass is 443 g/mol. The van der Waals surface area contributed by atoms with Gasteiger partial charge < -0.3 is 20.3 Å². The molecule has 9 nitrogen and oxygen atoms in total. The fourth-order valence-electron chi connectivity index (χ4n) is 3.95. The van der Waals surface area contributed by atoms with Gasteiger partial charge in [-0.3, -0.25) is 0 Å². The van der Waals surface area contributed by atoms with Crippen molar-refractivity contribution in [2.75, 3.05) is 36.5 Å². The molecule has 1 saturated heterocycles. The van der Waals surface area contributed by atoms with Crippen LogP contribution in [0.4, 0.5) is 16.3 Å². The van der Waals surface area contributed by atoms with Crippen LogP contribution in [0, 0.1) is 0 Å². The molecule has 10 heteroatoms. The third-order valence-electron chi connectivity index (χ3n) is 5.91. The van der Waals surface area contributed by atoms with E-state index in [9.17, 15) is 13.2 Å². The number of sulfone groups is 1. The summed E-state index contributed by atoms with van der Waals surface area (Å²) < 4.78 is 30.6. The highest BCUT2D eigenvalue weighted by molar-refractivity contribution is 7.91. The minimum Gasteiger partial charge on any atom is -0.378 e. The van der Waals surface area contributed by atoms with Gasteiger partial charge >= 0.3 is 6.03 Å². The third kappa shape index (κ3) is 4.09. The normalized spacial score (nSPS) is 22.1. The zero-order valence-electron chi connectivity index (χ0n) is 17.3. The fraction of sp³-hybridized carbons (Fsp3) is 0.476. The Hall–Kier alpha value is -2.72. The average Bonchev–Trinajstić information content (AvgIpc) is 3.53. The van der Waals surface area contributed by atoms with Gasteiger partial charge in [-0.2, -0.15) is 0 Å². The summed E-state index contributed by atoms with van der Waals surface area (Å²) in [7, 11) is -3.28. The number of anilines is 2. The van der Waals surface area contributed by atoms with Crippen molar-refractivity contribution in [3.8, 4) is 11.4 Å². The topological polar surface area (TPSA) is 114 Å². The van der Waals surface area contributed by atoms with Crippen molar-refractivity contribution in [1.29, 1.82) is 0 Å². The third-order valence-corrected chi connectivity index (χ3v) is 7.90. The van der Waals surface area contributed by atoms with Gasteiger partial charge in [-0.15, -0.1) is 0 Å². The van der Waals surface area contributed by atoms with Crippen LogP contribution in [0.5, 0.6) is 0 Å². The second kappa shape index (κ2) is 7.76. The lowest BCUT2D eigenvalue weighted by molar-refractivity contribution is 0.122. The maximum Gasteiger partial charge on any atom is 0.319 e. The molecule has 164 valence electrons. The number of benzene rings is 1. The first-order valence-electron chi connectivity index (χ1n) is 10.5. The predicted octanol–water partition coefficient (Wildman–Crippen LogP) is 2.25. The van der Waals surface area contributed by atoms with Crippen molar-refractivity contribution in [3.05, 3.63) is 35.5 Å². The van der Waals surface area contributed by atoms with Crippen LogP contribution in [0.1, 0.15) is 36.3 Å². The first kappa shape index (κ1) is 20.2. The van der Waals surface area contributed by atoms with Gasteiger partial charge in [-0.1, -0.05) is 0 Å². The zero-order chi connectivity index (χ0) is 21.6. The van der Waals surface area contributed by atoms with E-state index in [4.69, 9.17) is 9.72 Å². The van der Waals surface area contributed by atoms with E-state index in [1.54, 1.807) is 19.1 Å². The first-order valence-corrected chi connectivity index (χ1v) is 12.3. The number of rotatable bonds is 4. The van der Waals surface area contributed by atoms with Crippen LogP contribution in [0.3, 0.4) is 0 Å². The predicted molar refractivity (Wildman–Crippen MR) is 117 cm³/mol. The number of fused-ring (bicyclic) bond motifs is 1. The van der Waals surface area contributed by atoms with Gasteiger partial charge in [0.25, 0.3) is 0 Å². The number of carbonyl (C=O) groups excluding carboxylic acids is 1. The molecule has 1 aromatic heterocycles. The molecule has 1 atom stereocenters. The number of hydrogen-bond acceptors (Lipinski definition) is 7. The van der Waals surface area contributed by atoms with Crippen LogP contribution in [0.25, 0.3) is 11.4 Å². The quantitative estimate of drug-likeness (QED) is 0.745. The van der Waals surface area contributed by atoms with E-state index >= 15 is 0 Å². The molecular weight excluding hydrogens is 418 g/mol. The van der Waals surface area contributed by atoms with Crippen LogP contribution in [-0.2, 0) is 20.3 Å². The van der Waals surface area contributed by atoms with Crippen LogP contribution >= 0.6 is 0 Å². The lowest BCUT2D eigenvalue weighted by Crippen LogP contribution is -2.37. The van der Waals surface area contributed by atoms with Crippen LogP contribution in [0.2, 0.25) is 0 Å². The molecule has 5 rings (SSSR count). The Balaban J connectivity index is 1.46. The fourth-order valence-corrected chi connectivity index (χ4v) is 5.40. The average molecular weight is 444 g/mol. The maximum absolute atomic E-state index is 12.6. The number of carbonyl (C=O) groups is 1. The molecule has 1 unspecified atom stereocenters. The zero-order valence-corrected chi connectivity index (χ0v) is 18.1. The summed E-state index contributed by atoms with van der Waals surface area (Å²) in [5, 5.41) is 5.09. The number of urea groups is 1. The summed E-state index contributed by atoms with van der Waals surface area (Å²) in [6.45, 7) is 4.20. The van der Waals surface area contributed by atoms with Crippen molar-refractivity contribution in [3.63, 3.8) is 0 Å². The SMILES string of the molecule is CC1c2c(nc(-c3ccc(NC(=O)NC4CC4)cc3)nc2N2CCOCC2)CS1(=O)=O. The molecule has 3 heterocycles. The van der Waals surface area contributed by atoms with Crippen molar-refractivity contribution >= 4 is 27.4 Å².